The van der Waals surface area contributed by atoms with E-state index >= 15 is 0 Å². The Bertz CT molecular complexity index is 477. The number of carbonyl (C=O) groups is 1. The molecule has 0 saturated heterocycles. The van der Waals surface area contributed by atoms with E-state index in [9.17, 15) is 4.79 Å². The fourth-order valence-electron chi connectivity index (χ4n) is 1.84. The van der Waals surface area contributed by atoms with Gasteiger partial charge in [-0.1, -0.05) is 13.0 Å². The van der Waals surface area contributed by atoms with Crippen molar-refractivity contribution < 1.29 is 9.53 Å². The fourth-order valence-corrected chi connectivity index (χ4v) is 2.36. The number of halogens is 1. The first kappa shape index (κ1) is 18.0. The number of rotatable bonds is 7. The maximum absolute atomic E-state index is 12.0. The zero-order valence-electron chi connectivity index (χ0n) is 13.2. The molecule has 118 valence electrons. The monoisotopic (exact) mass is 356 g/mol. The molecule has 0 fully saturated rings. The van der Waals surface area contributed by atoms with E-state index in [1.807, 2.05) is 39.0 Å². The van der Waals surface area contributed by atoms with Crippen LogP contribution in [0.4, 0.5) is 0 Å². The average Bonchev–Trinajstić information content (AvgIpc) is 2.40. The Morgan fingerprint density at radius 2 is 2.05 bits per heavy atom. The lowest BCUT2D eigenvalue weighted by Gasteiger charge is -2.19. The van der Waals surface area contributed by atoms with Gasteiger partial charge in [-0.2, -0.15) is 0 Å². The number of benzene rings is 1. The highest BCUT2D eigenvalue weighted by Gasteiger charge is 2.17. The molecule has 3 unspecified atom stereocenters. The molecule has 0 aliphatic rings. The van der Waals surface area contributed by atoms with Crippen molar-refractivity contribution in [3.63, 3.8) is 0 Å². The smallest absolute Gasteiger partial charge is 0.260 e. The Morgan fingerprint density at radius 3 is 2.57 bits per heavy atom. The molecule has 1 aromatic rings. The van der Waals surface area contributed by atoms with Gasteiger partial charge in [0.2, 0.25) is 0 Å². The Labute approximate surface area is 135 Å². The minimum absolute atomic E-state index is 0.101. The second-order valence-corrected chi connectivity index (χ2v) is 6.38. The summed E-state index contributed by atoms with van der Waals surface area (Å²) >= 11 is 3.48. The quantitative estimate of drug-likeness (QED) is 0.789. The van der Waals surface area contributed by atoms with Crippen molar-refractivity contribution in [3.05, 3.63) is 28.2 Å². The second-order valence-electron chi connectivity index (χ2n) is 5.52. The van der Waals surface area contributed by atoms with Crippen molar-refractivity contribution in [1.29, 1.82) is 0 Å². The molecule has 1 amide bonds. The number of carbonyl (C=O) groups excluding carboxylic acids is 1. The second kappa shape index (κ2) is 8.39. The van der Waals surface area contributed by atoms with Gasteiger partial charge in [-0.05, 0) is 67.2 Å². The van der Waals surface area contributed by atoms with Crippen LogP contribution in [0.2, 0.25) is 0 Å². The first-order valence-electron chi connectivity index (χ1n) is 7.34. The van der Waals surface area contributed by atoms with Gasteiger partial charge in [-0.3, -0.25) is 4.79 Å². The van der Waals surface area contributed by atoms with Crippen LogP contribution in [0.25, 0.3) is 0 Å². The highest BCUT2D eigenvalue weighted by atomic mass is 79.9. The van der Waals surface area contributed by atoms with E-state index in [0.717, 1.165) is 22.9 Å². The average molecular weight is 357 g/mol. The summed E-state index contributed by atoms with van der Waals surface area (Å²) in [6.45, 7) is 7.73. The van der Waals surface area contributed by atoms with Gasteiger partial charge in [0.1, 0.15) is 5.75 Å². The van der Waals surface area contributed by atoms with Gasteiger partial charge < -0.3 is 15.8 Å². The molecule has 3 N–H and O–H groups in total. The number of hydrogen-bond donors (Lipinski definition) is 2. The van der Waals surface area contributed by atoms with E-state index < -0.39 is 6.10 Å². The summed E-state index contributed by atoms with van der Waals surface area (Å²) in [4.78, 5) is 12.0. The molecule has 0 spiro atoms. The van der Waals surface area contributed by atoms with E-state index in [2.05, 4.69) is 21.2 Å². The molecule has 0 heterocycles. The van der Waals surface area contributed by atoms with Gasteiger partial charge in [0.15, 0.2) is 6.10 Å². The molecule has 4 nitrogen and oxygen atoms in total. The van der Waals surface area contributed by atoms with Crippen molar-refractivity contribution >= 4 is 21.8 Å². The summed E-state index contributed by atoms with van der Waals surface area (Å²) in [6, 6.07) is 6.10. The highest BCUT2D eigenvalue weighted by molar-refractivity contribution is 9.10. The van der Waals surface area contributed by atoms with E-state index in [4.69, 9.17) is 10.5 Å². The van der Waals surface area contributed by atoms with Gasteiger partial charge in [-0.25, -0.2) is 0 Å². The summed E-state index contributed by atoms with van der Waals surface area (Å²) in [6.07, 6.45) is 1.17. The third kappa shape index (κ3) is 6.06. The van der Waals surface area contributed by atoms with Crippen LogP contribution < -0.4 is 15.8 Å². The van der Waals surface area contributed by atoms with Crippen molar-refractivity contribution in [2.75, 3.05) is 0 Å². The molecule has 1 aromatic carbocycles. The molecule has 0 aliphatic carbocycles. The van der Waals surface area contributed by atoms with Crippen LogP contribution in [-0.2, 0) is 11.2 Å². The van der Waals surface area contributed by atoms with Crippen LogP contribution in [0.1, 0.15) is 39.7 Å². The molecule has 0 aliphatic heterocycles. The van der Waals surface area contributed by atoms with E-state index in [-0.39, 0.29) is 18.0 Å². The predicted molar refractivity (Wildman–Crippen MR) is 89.5 cm³/mol. The predicted octanol–water partition coefficient (Wildman–Crippen LogP) is 3.02. The molecule has 1 rings (SSSR count). The molecular formula is C16H25BrN2O2. The zero-order chi connectivity index (χ0) is 16.0. The summed E-state index contributed by atoms with van der Waals surface area (Å²) < 4.78 is 6.56. The molecule has 0 saturated carbocycles. The highest BCUT2D eigenvalue weighted by Crippen LogP contribution is 2.27. The fraction of sp³-hybridized carbons (Fsp3) is 0.562. The number of nitrogens with two attached hydrogens (primary N) is 1. The summed E-state index contributed by atoms with van der Waals surface area (Å²) in [7, 11) is 0. The lowest BCUT2D eigenvalue weighted by atomic mass is 10.1. The van der Waals surface area contributed by atoms with Crippen molar-refractivity contribution in [2.45, 2.75) is 58.7 Å². The van der Waals surface area contributed by atoms with Gasteiger partial charge in [0, 0.05) is 12.1 Å². The van der Waals surface area contributed by atoms with Crippen LogP contribution in [0, 0.1) is 0 Å². The van der Waals surface area contributed by atoms with Crippen molar-refractivity contribution in [3.8, 4) is 5.75 Å². The third-order valence-electron chi connectivity index (χ3n) is 3.23. The Kier molecular flexibility index (Phi) is 7.18. The molecule has 5 heteroatoms. The topological polar surface area (TPSA) is 64.3 Å². The Hall–Kier alpha value is -1.07. The number of nitrogens with one attached hydrogen (secondary N) is 1. The lowest BCUT2D eigenvalue weighted by molar-refractivity contribution is -0.127. The molecular weight excluding hydrogens is 332 g/mol. The zero-order valence-corrected chi connectivity index (χ0v) is 14.7. The van der Waals surface area contributed by atoms with Gasteiger partial charge in [0.05, 0.1) is 4.47 Å². The SMILES string of the molecule is CCC(C)NC(=O)C(C)Oc1ccc(CC(C)N)cc1Br. The number of ether oxygens (including phenoxy) is 1. The lowest BCUT2D eigenvalue weighted by Crippen LogP contribution is -2.41. The van der Waals surface area contributed by atoms with Gasteiger partial charge >= 0.3 is 0 Å². The number of amides is 1. The summed E-state index contributed by atoms with van der Waals surface area (Å²) in [5.41, 5.74) is 6.93. The van der Waals surface area contributed by atoms with E-state index in [1.165, 1.54) is 0 Å². The van der Waals surface area contributed by atoms with Crippen molar-refractivity contribution in [2.24, 2.45) is 5.73 Å². The first-order chi connectivity index (χ1) is 9.83. The third-order valence-corrected chi connectivity index (χ3v) is 3.85. The van der Waals surface area contributed by atoms with Crippen LogP contribution in [0.15, 0.2) is 22.7 Å². The van der Waals surface area contributed by atoms with Crippen molar-refractivity contribution in [1.82, 2.24) is 5.32 Å². The molecule has 0 bridgehead atoms. The minimum Gasteiger partial charge on any atom is -0.480 e. The molecule has 3 atom stereocenters. The van der Waals surface area contributed by atoms with Gasteiger partial charge in [-0.15, -0.1) is 0 Å². The van der Waals surface area contributed by atoms with Crippen LogP contribution in [0.5, 0.6) is 5.75 Å². The maximum Gasteiger partial charge on any atom is 0.260 e. The normalized spacial score (nSPS) is 15.1. The number of hydrogen-bond acceptors (Lipinski definition) is 3. The Morgan fingerprint density at radius 1 is 1.38 bits per heavy atom. The summed E-state index contributed by atoms with van der Waals surface area (Å²) in [5.74, 6) is 0.561. The van der Waals surface area contributed by atoms with Crippen LogP contribution >= 0.6 is 15.9 Å². The van der Waals surface area contributed by atoms with Gasteiger partial charge in [0.25, 0.3) is 5.91 Å². The maximum atomic E-state index is 12.0. The standard InChI is InChI=1S/C16H25BrN2O2/c1-5-11(3)19-16(20)12(4)21-15-7-6-13(8-10(2)18)9-14(15)17/h6-7,9-12H,5,8,18H2,1-4H3,(H,19,20). The van der Waals surface area contributed by atoms with Crippen LogP contribution in [0.3, 0.4) is 0 Å². The Balaban J connectivity index is 2.68. The first-order valence-corrected chi connectivity index (χ1v) is 8.13. The van der Waals surface area contributed by atoms with E-state index in [1.54, 1.807) is 6.92 Å². The molecule has 0 radical (unpaired) electrons. The molecule has 0 aromatic heterocycles. The van der Waals surface area contributed by atoms with E-state index in [0.29, 0.717) is 5.75 Å². The van der Waals surface area contributed by atoms with Crippen LogP contribution in [-0.4, -0.2) is 24.1 Å². The summed E-state index contributed by atoms with van der Waals surface area (Å²) in [5, 5.41) is 2.91. The largest absolute Gasteiger partial charge is 0.480 e. The minimum atomic E-state index is -0.533. The molecule has 21 heavy (non-hydrogen) atoms.